The lowest BCUT2D eigenvalue weighted by Crippen LogP contribution is -2.46. The van der Waals surface area contributed by atoms with Crippen LogP contribution in [0.2, 0.25) is 0 Å². The minimum Gasteiger partial charge on any atom is -0.383 e. The van der Waals surface area contributed by atoms with Crippen LogP contribution in [0.15, 0.2) is 12.7 Å². The van der Waals surface area contributed by atoms with Crippen LogP contribution < -0.4 is 5.73 Å². The van der Waals surface area contributed by atoms with Crippen molar-refractivity contribution < 1.29 is 4.74 Å². The predicted molar refractivity (Wildman–Crippen MR) is 56.8 cm³/mol. The van der Waals surface area contributed by atoms with Crippen molar-refractivity contribution in [2.45, 2.75) is 19.4 Å². The van der Waals surface area contributed by atoms with Gasteiger partial charge in [0.15, 0.2) is 0 Å². The van der Waals surface area contributed by atoms with Gasteiger partial charge in [0.1, 0.15) is 0 Å². The van der Waals surface area contributed by atoms with Gasteiger partial charge in [0.05, 0.1) is 6.61 Å². The monoisotopic (exact) mass is 186 g/mol. The molecule has 13 heavy (non-hydrogen) atoms. The van der Waals surface area contributed by atoms with Gasteiger partial charge in [0, 0.05) is 32.3 Å². The van der Waals surface area contributed by atoms with E-state index >= 15 is 0 Å². The first-order valence-corrected chi connectivity index (χ1v) is 4.60. The second-order valence-electron chi connectivity index (χ2n) is 4.01. The predicted octanol–water partition coefficient (Wildman–Crippen LogP) is 0.858. The fraction of sp³-hybridized carbons (Fsp3) is 0.800. The van der Waals surface area contributed by atoms with Crippen molar-refractivity contribution in [3.05, 3.63) is 12.7 Å². The van der Waals surface area contributed by atoms with Gasteiger partial charge in [-0.25, -0.2) is 0 Å². The van der Waals surface area contributed by atoms with E-state index < -0.39 is 0 Å². The molecule has 0 saturated heterocycles. The highest BCUT2D eigenvalue weighted by Crippen LogP contribution is 2.01. The highest BCUT2D eigenvalue weighted by atomic mass is 16.5. The van der Waals surface area contributed by atoms with Gasteiger partial charge in [-0.2, -0.15) is 0 Å². The Kier molecular flexibility index (Phi) is 5.95. The highest BCUT2D eigenvalue weighted by Gasteiger charge is 2.15. The molecule has 0 aromatic heterocycles. The zero-order chi connectivity index (χ0) is 10.3. The summed E-state index contributed by atoms with van der Waals surface area (Å²) in [5.74, 6) is 0. The average Bonchev–Trinajstić information content (AvgIpc) is 1.98. The van der Waals surface area contributed by atoms with Gasteiger partial charge in [-0.1, -0.05) is 6.08 Å². The maximum Gasteiger partial charge on any atom is 0.0589 e. The molecule has 78 valence electrons. The van der Waals surface area contributed by atoms with Crippen LogP contribution in [0, 0.1) is 0 Å². The van der Waals surface area contributed by atoms with Gasteiger partial charge in [-0.3, -0.25) is 4.90 Å². The third kappa shape index (κ3) is 7.96. The largest absolute Gasteiger partial charge is 0.383 e. The van der Waals surface area contributed by atoms with Gasteiger partial charge >= 0.3 is 0 Å². The van der Waals surface area contributed by atoms with Crippen LogP contribution in [0.4, 0.5) is 0 Å². The zero-order valence-electron chi connectivity index (χ0n) is 9.05. The summed E-state index contributed by atoms with van der Waals surface area (Å²) in [6.07, 6.45) is 1.89. The second kappa shape index (κ2) is 6.13. The van der Waals surface area contributed by atoms with Gasteiger partial charge in [-0.05, 0) is 13.8 Å². The topological polar surface area (TPSA) is 38.5 Å². The summed E-state index contributed by atoms with van der Waals surface area (Å²) >= 11 is 0. The molecule has 0 fully saturated rings. The number of nitrogens with two attached hydrogens (primary N) is 1. The molecule has 0 aliphatic heterocycles. The Morgan fingerprint density at radius 3 is 2.54 bits per heavy atom. The van der Waals surface area contributed by atoms with Crippen LogP contribution in [0.5, 0.6) is 0 Å². The maximum atomic E-state index is 5.92. The van der Waals surface area contributed by atoms with Crippen molar-refractivity contribution in [3.8, 4) is 0 Å². The molecule has 0 aliphatic carbocycles. The van der Waals surface area contributed by atoms with Crippen LogP contribution >= 0.6 is 0 Å². The number of ether oxygens (including phenoxy) is 1. The van der Waals surface area contributed by atoms with Crippen LogP contribution in [0.1, 0.15) is 13.8 Å². The zero-order valence-corrected chi connectivity index (χ0v) is 9.05. The van der Waals surface area contributed by atoms with Gasteiger partial charge in [0.25, 0.3) is 0 Å². The van der Waals surface area contributed by atoms with Gasteiger partial charge in [0.2, 0.25) is 0 Å². The molecule has 0 heterocycles. The van der Waals surface area contributed by atoms with Crippen molar-refractivity contribution >= 4 is 0 Å². The van der Waals surface area contributed by atoms with Crippen molar-refractivity contribution in [3.63, 3.8) is 0 Å². The summed E-state index contributed by atoms with van der Waals surface area (Å²) in [5, 5.41) is 0. The van der Waals surface area contributed by atoms with E-state index in [4.69, 9.17) is 10.5 Å². The Bertz CT molecular complexity index is 140. The summed E-state index contributed by atoms with van der Waals surface area (Å²) in [4.78, 5) is 2.23. The molecule has 2 N–H and O–H groups in total. The van der Waals surface area contributed by atoms with E-state index in [1.807, 2.05) is 19.9 Å². The molecular weight excluding hydrogens is 164 g/mol. The molecule has 0 amide bonds. The standard InChI is InChI=1S/C10H22N2O/c1-5-6-12(7-8-13-4)9-10(2,3)11/h5H,1,6-9,11H2,2-4H3. The van der Waals surface area contributed by atoms with E-state index in [1.54, 1.807) is 7.11 Å². The summed E-state index contributed by atoms with van der Waals surface area (Å²) in [5.41, 5.74) is 5.77. The maximum absolute atomic E-state index is 5.92. The Balaban J connectivity index is 3.86. The lowest BCUT2D eigenvalue weighted by atomic mass is 10.1. The van der Waals surface area contributed by atoms with Crippen molar-refractivity contribution in [1.82, 2.24) is 4.90 Å². The Morgan fingerprint density at radius 1 is 1.54 bits per heavy atom. The molecule has 0 unspecified atom stereocenters. The van der Waals surface area contributed by atoms with E-state index in [1.165, 1.54) is 0 Å². The van der Waals surface area contributed by atoms with Gasteiger partial charge in [-0.15, -0.1) is 6.58 Å². The fourth-order valence-corrected chi connectivity index (χ4v) is 1.21. The van der Waals surface area contributed by atoms with E-state index in [9.17, 15) is 0 Å². The molecule has 0 bridgehead atoms. The first-order valence-electron chi connectivity index (χ1n) is 4.60. The average molecular weight is 186 g/mol. The summed E-state index contributed by atoms with van der Waals surface area (Å²) in [6.45, 7) is 11.1. The SMILES string of the molecule is C=CCN(CCOC)CC(C)(C)N. The molecule has 0 saturated carbocycles. The van der Waals surface area contributed by atoms with E-state index in [0.717, 1.165) is 26.2 Å². The van der Waals surface area contributed by atoms with Gasteiger partial charge < -0.3 is 10.5 Å². The molecule has 3 nitrogen and oxygen atoms in total. The third-order valence-electron chi connectivity index (χ3n) is 1.63. The molecule has 0 radical (unpaired) electrons. The highest BCUT2D eigenvalue weighted by molar-refractivity contribution is 4.81. The summed E-state index contributed by atoms with van der Waals surface area (Å²) in [6, 6.07) is 0. The minimum atomic E-state index is -0.156. The number of hydrogen-bond donors (Lipinski definition) is 1. The number of nitrogens with zero attached hydrogens (tertiary/aromatic N) is 1. The van der Waals surface area contributed by atoms with Crippen molar-refractivity contribution in [2.75, 3.05) is 33.4 Å². The molecule has 0 rings (SSSR count). The lowest BCUT2D eigenvalue weighted by Gasteiger charge is -2.28. The second-order valence-corrected chi connectivity index (χ2v) is 4.01. The quantitative estimate of drug-likeness (QED) is 0.599. The first-order chi connectivity index (χ1) is 5.99. The molecule has 0 aliphatic rings. The van der Waals surface area contributed by atoms with Crippen LogP contribution in [-0.2, 0) is 4.74 Å². The Morgan fingerprint density at radius 2 is 2.15 bits per heavy atom. The van der Waals surface area contributed by atoms with Crippen LogP contribution in [-0.4, -0.2) is 43.8 Å². The molecule has 0 atom stereocenters. The minimum absolute atomic E-state index is 0.156. The van der Waals surface area contributed by atoms with E-state index in [0.29, 0.717) is 0 Å². The normalized spacial score (nSPS) is 12.1. The number of hydrogen-bond acceptors (Lipinski definition) is 3. The Labute approximate surface area is 81.5 Å². The van der Waals surface area contributed by atoms with Crippen LogP contribution in [0.3, 0.4) is 0 Å². The summed E-state index contributed by atoms with van der Waals surface area (Å²) in [7, 11) is 1.71. The molecular formula is C10H22N2O. The molecule has 0 aromatic rings. The first kappa shape index (κ1) is 12.6. The number of rotatable bonds is 7. The molecule has 0 spiro atoms. The van der Waals surface area contributed by atoms with E-state index in [2.05, 4.69) is 11.5 Å². The van der Waals surface area contributed by atoms with Crippen LogP contribution in [0.25, 0.3) is 0 Å². The summed E-state index contributed by atoms with van der Waals surface area (Å²) < 4.78 is 5.02. The smallest absolute Gasteiger partial charge is 0.0589 e. The number of methoxy groups -OCH3 is 1. The van der Waals surface area contributed by atoms with Crippen molar-refractivity contribution in [2.24, 2.45) is 5.73 Å². The van der Waals surface area contributed by atoms with E-state index in [-0.39, 0.29) is 5.54 Å². The Hall–Kier alpha value is -0.380. The molecule has 0 aromatic carbocycles. The van der Waals surface area contributed by atoms with Crippen molar-refractivity contribution in [1.29, 1.82) is 0 Å². The molecule has 3 heteroatoms. The fourth-order valence-electron chi connectivity index (χ4n) is 1.21. The lowest BCUT2D eigenvalue weighted by molar-refractivity contribution is 0.143. The third-order valence-corrected chi connectivity index (χ3v) is 1.63.